The average Bonchev–Trinajstić information content (AvgIpc) is 2.21. The molecule has 1 aromatic carbocycles. The van der Waals surface area contributed by atoms with Crippen LogP contribution in [0.25, 0.3) is 0 Å². The van der Waals surface area contributed by atoms with Gasteiger partial charge in [0.2, 0.25) is 0 Å². The van der Waals surface area contributed by atoms with E-state index < -0.39 is 0 Å². The summed E-state index contributed by atoms with van der Waals surface area (Å²) in [7, 11) is 3.35. The van der Waals surface area contributed by atoms with Crippen LogP contribution in [-0.4, -0.2) is 25.3 Å². The number of rotatable bonds is 3. The molecule has 0 atom stereocenters. The summed E-state index contributed by atoms with van der Waals surface area (Å²) in [6, 6.07) is 7.54. The summed E-state index contributed by atoms with van der Waals surface area (Å²) in [4.78, 5) is 0.954. The van der Waals surface area contributed by atoms with Crippen molar-refractivity contribution in [2.24, 2.45) is 0 Å². The maximum Gasteiger partial charge on any atom is 0.118 e. The lowest BCUT2D eigenvalue weighted by atomic mass is 10.3. The first-order chi connectivity index (χ1) is 6.74. The molecule has 0 saturated heterocycles. The minimum Gasteiger partial charge on any atom is -0.497 e. The van der Waals surface area contributed by atoms with E-state index in [2.05, 4.69) is 40.0 Å². The van der Waals surface area contributed by atoms with Crippen LogP contribution in [0.1, 0.15) is 0 Å². The van der Waals surface area contributed by atoms with Crippen LogP contribution in [-0.2, 0) is 4.74 Å². The molecule has 0 spiro atoms. The zero-order valence-electron chi connectivity index (χ0n) is 8.37. The monoisotopic (exact) mass is 326 g/mol. The SMILES string of the molecule is COCCI.COc1ccc(S)cc1. The fraction of sp³-hybridized carbons (Fsp3) is 0.400. The molecule has 0 saturated carbocycles. The second kappa shape index (κ2) is 9.61. The highest BCUT2D eigenvalue weighted by molar-refractivity contribution is 14.1. The van der Waals surface area contributed by atoms with Crippen molar-refractivity contribution in [2.45, 2.75) is 4.90 Å². The highest BCUT2D eigenvalue weighted by Gasteiger charge is 1.86. The summed E-state index contributed by atoms with van der Waals surface area (Å²) in [5.41, 5.74) is 0. The number of alkyl halides is 1. The molecule has 2 nitrogen and oxygen atoms in total. The van der Waals surface area contributed by atoms with Gasteiger partial charge in [-0.15, -0.1) is 12.6 Å². The van der Waals surface area contributed by atoms with Gasteiger partial charge in [0.05, 0.1) is 13.7 Å². The lowest BCUT2D eigenvalue weighted by molar-refractivity contribution is 0.220. The van der Waals surface area contributed by atoms with Gasteiger partial charge in [0.15, 0.2) is 0 Å². The van der Waals surface area contributed by atoms with Gasteiger partial charge in [0.25, 0.3) is 0 Å². The van der Waals surface area contributed by atoms with E-state index in [9.17, 15) is 0 Å². The molecule has 0 heterocycles. The molecule has 0 aliphatic rings. The first-order valence-electron chi connectivity index (χ1n) is 4.12. The van der Waals surface area contributed by atoms with Gasteiger partial charge in [0, 0.05) is 16.4 Å². The molecular weight excluding hydrogens is 311 g/mol. The summed E-state index contributed by atoms with van der Waals surface area (Å²) in [6.07, 6.45) is 0. The standard InChI is InChI=1S/C7H8OS.C3H7IO/c1-8-6-2-4-7(9)5-3-6;1-5-3-2-4/h2-5,9H,1H3;2-3H2,1H3. The molecule has 1 aromatic rings. The molecule has 0 unspecified atom stereocenters. The summed E-state index contributed by atoms with van der Waals surface area (Å²) in [6.45, 7) is 0.876. The predicted octanol–water partition coefficient (Wildman–Crippen LogP) is 3.05. The molecular formula is C10H15IO2S. The Balaban J connectivity index is 0.000000292. The van der Waals surface area contributed by atoms with Crippen LogP contribution in [0.15, 0.2) is 29.2 Å². The van der Waals surface area contributed by atoms with Gasteiger partial charge < -0.3 is 9.47 Å². The van der Waals surface area contributed by atoms with Crippen molar-refractivity contribution in [3.05, 3.63) is 24.3 Å². The number of halogens is 1. The molecule has 80 valence electrons. The second-order valence-electron chi connectivity index (χ2n) is 2.38. The molecule has 0 fully saturated rings. The molecule has 14 heavy (non-hydrogen) atoms. The van der Waals surface area contributed by atoms with Crippen molar-refractivity contribution in [3.63, 3.8) is 0 Å². The largest absolute Gasteiger partial charge is 0.497 e. The molecule has 0 bridgehead atoms. The molecule has 4 heteroatoms. The quantitative estimate of drug-likeness (QED) is 0.523. The summed E-state index contributed by atoms with van der Waals surface area (Å²) < 4.78 is 10.7. The Morgan fingerprint density at radius 1 is 1.21 bits per heavy atom. The van der Waals surface area contributed by atoms with E-state index in [4.69, 9.17) is 4.74 Å². The lowest BCUT2D eigenvalue weighted by Gasteiger charge is -1.96. The maximum absolute atomic E-state index is 4.94. The van der Waals surface area contributed by atoms with Gasteiger partial charge in [-0.25, -0.2) is 0 Å². The predicted molar refractivity (Wildman–Crippen MR) is 71.0 cm³/mol. The highest BCUT2D eigenvalue weighted by Crippen LogP contribution is 2.12. The Morgan fingerprint density at radius 3 is 2.07 bits per heavy atom. The Hall–Kier alpha value is 0.0600. The van der Waals surface area contributed by atoms with Crippen LogP contribution in [0.3, 0.4) is 0 Å². The van der Waals surface area contributed by atoms with Crippen molar-refractivity contribution >= 4 is 35.2 Å². The van der Waals surface area contributed by atoms with Crippen LogP contribution in [0.4, 0.5) is 0 Å². The second-order valence-corrected chi connectivity index (χ2v) is 3.97. The molecule has 0 aliphatic carbocycles. The Kier molecular flexibility index (Phi) is 9.65. The van der Waals surface area contributed by atoms with E-state index in [1.54, 1.807) is 14.2 Å². The van der Waals surface area contributed by atoms with Gasteiger partial charge in [-0.2, -0.15) is 0 Å². The number of thiol groups is 1. The fourth-order valence-corrected chi connectivity index (χ4v) is 1.25. The van der Waals surface area contributed by atoms with E-state index in [1.807, 2.05) is 24.3 Å². The normalized spacial score (nSPS) is 8.86. The van der Waals surface area contributed by atoms with Crippen LogP contribution < -0.4 is 4.74 Å². The maximum atomic E-state index is 4.94. The number of methoxy groups -OCH3 is 2. The summed E-state index contributed by atoms with van der Waals surface area (Å²) in [5.74, 6) is 0.868. The lowest BCUT2D eigenvalue weighted by Crippen LogP contribution is -1.84. The topological polar surface area (TPSA) is 18.5 Å². The third kappa shape index (κ3) is 7.46. The van der Waals surface area contributed by atoms with E-state index in [-0.39, 0.29) is 0 Å². The van der Waals surface area contributed by atoms with Crippen molar-refractivity contribution in [3.8, 4) is 5.75 Å². The molecule has 0 amide bonds. The molecule has 1 rings (SSSR count). The van der Waals surface area contributed by atoms with E-state index >= 15 is 0 Å². The Morgan fingerprint density at radius 2 is 1.79 bits per heavy atom. The van der Waals surface area contributed by atoms with Crippen LogP contribution in [0.2, 0.25) is 0 Å². The van der Waals surface area contributed by atoms with Crippen LogP contribution in [0.5, 0.6) is 5.75 Å². The zero-order valence-corrected chi connectivity index (χ0v) is 11.4. The summed E-state index contributed by atoms with van der Waals surface area (Å²) in [5, 5.41) is 0. The zero-order chi connectivity index (χ0) is 10.8. The number of hydrogen-bond acceptors (Lipinski definition) is 3. The average molecular weight is 326 g/mol. The van der Waals surface area contributed by atoms with Crippen molar-refractivity contribution < 1.29 is 9.47 Å². The van der Waals surface area contributed by atoms with Gasteiger partial charge in [-0.3, -0.25) is 0 Å². The first kappa shape index (κ1) is 14.1. The molecule has 0 aromatic heterocycles. The number of benzene rings is 1. The molecule has 0 aliphatic heterocycles. The third-order valence-corrected chi connectivity index (χ3v) is 2.09. The van der Waals surface area contributed by atoms with Gasteiger partial charge in [-0.1, -0.05) is 22.6 Å². The van der Waals surface area contributed by atoms with Crippen molar-refractivity contribution in [2.75, 3.05) is 25.3 Å². The van der Waals surface area contributed by atoms with Gasteiger partial charge >= 0.3 is 0 Å². The first-order valence-corrected chi connectivity index (χ1v) is 6.09. The Bertz CT molecular complexity index is 224. The summed E-state index contributed by atoms with van der Waals surface area (Å²) >= 11 is 6.38. The van der Waals surface area contributed by atoms with Gasteiger partial charge in [-0.05, 0) is 24.3 Å². The molecule has 0 radical (unpaired) electrons. The fourth-order valence-electron chi connectivity index (χ4n) is 0.659. The minimum absolute atomic E-state index is 0.868. The van der Waals surface area contributed by atoms with E-state index in [0.717, 1.165) is 21.7 Å². The van der Waals surface area contributed by atoms with Gasteiger partial charge in [0.1, 0.15) is 5.75 Å². The minimum atomic E-state index is 0.868. The van der Waals surface area contributed by atoms with E-state index in [0.29, 0.717) is 0 Å². The highest BCUT2D eigenvalue weighted by atomic mass is 127. The number of ether oxygens (including phenoxy) is 2. The smallest absolute Gasteiger partial charge is 0.118 e. The van der Waals surface area contributed by atoms with Crippen LogP contribution in [0, 0.1) is 0 Å². The third-order valence-electron chi connectivity index (χ3n) is 1.35. The molecule has 0 N–H and O–H groups in total. The van der Waals surface area contributed by atoms with Crippen molar-refractivity contribution in [1.29, 1.82) is 0 Å². The Labute approximate surface area is 105 Å². The number of hydrogen-bond donors (Lipinski definition) is 1. The van der Waals surface area contributed by atoms with Crippen LogP contribution >= 0.6 is 35.2 Å². The van der Waals surface area contributed by atoms with E-state index in [1.165, 1.54) is 0 Å². The van der Waals surface area contributed by atoms with Crippen molar-refractivity contribution in [1.82, 2.24) is 0 Å².